The summed E-state index contributed by atoms with van der Waals surface area (Å²) in [4.78, 5) is 0. The van der Waals surface area contributed by atoms with Gasteiger partial charge in [-0.1, -0.05) is 11.8 Å². The molecule has 1 rings (SSSR count). The van der Waals surface area contributed by atoms with E-state index in [4.69, 9.17) is 9.47 Å². The Hall–Kier alpha value is -1.48. The van der Waals surface area contributed by atoms with Crippen molar-refractivity contribution in [1.82, 2.24) is 0 Å². The molecule has 18 heavy (non-hydrogen) atoms. The second-order valence-corrected chi connectivity index (χ2v) is 4.29. The topological polar surface area (TPSA) is 18.5 Å². The monoisotopic (exact) mass is 244 g/mol. The van der Waals surface area contributed by atoms with Crippen LogP contribution < -0.4 is 0 Å². The highest BCUT2D eigenvalue weighted by Crippen LogP contribution is 2.37. The number of methoxy groups -OCH3 is 2. The molecule has 0 atom stereocenters. The van der Waals surface area contributed by atoms with Crippen LogP contribution in [-0.2, 0) is 9.47 Å². The van der Waals surface area contributed by atoms with Crippen LogP contribution in [0.15, 0.2) is 23.3 Å². The molecule has 0 N–H and O–H groups in total. The maximum Gasteiger partial charge on any atom is 0.171 e. The number of hydrogen-bond acceptors (Lipinski definition) is 2. The van der Waals surface area contributed by atoms with Crippen LogP contribution >= 0.6 is 0 Å². The molecule has 0 saturated heterocycles. The average molecular weight is 244 g/mol. The van der Waals surface area contributed by atoms with Crippen molar-refractivity contribution in [3.05, 3.63) is 23.3 Å². The van der Waals surface area contributed by atoms with E-state index in [1.807, 2.05) is 32.9 Å². The van der Waals surface area contributed by atoms with Gasteiger partial charge in [-0.3, -0.25) is 0 Å². The fourth-order valence-electron chi connectivity index (χ4n) is 2.38. The fraction of sp³-hybridized carbons (Fsp3) is 0.500. The molecule has 0 amide bonds. The van der Waals surface area contributed by atoms with E-state index in [0.717, 1.165) is 11.1 Å². The van der Waals surface area contributed by atoms with Crippen LogP contribution in [0.2, 0.25) is 0 Å². The third-order valence-corrected chi connectivity index (χ3v) is 3.24. The lowest BCUT2D eigenvalue weighted by atomic mass is 9.78. The highest BCUT2D eigenvalue weighted by molar-refractivity contribution is 5.52. The molecule has 1 aliphatic rings. The zero-order chi connectivity index (χ0) is 13.8. The van der Waals surface area contributed by atoms with E-state index in [0.29, 0.717) is 0 Å². The van der Waals surface area contributed by atoms with E-state index in [-0.39, 0.29) is 0 Å². The minimum absolute atomic E-state index is 0.647. The summed E-state index contributed by atoms with van der Waals surface area (Å²) >= 11 is 0. The van der Waals surface area contributed by atoms with E-state index >= 15 is 0 Å². The van der Waals surface area contributed by atoms with Gasteiger partial charge < -0.3 is 9.47 Å². The van der Waals surface area contributed by atoms with Crippen molar-refractivity contribution in [2.75, 3.05) is 14.2 Å². The Morgan fingerprint density at radius 1 is 0.889 bits per heavy atom. The summed E-state index contributed by atoms with van der Waals surface area (Å²) in [5.74, 6) is 12.1. The summed E-state index contributed by atoms with van der Waals surface area (Å²) in [6.07, 6.45) is 3.95. The average Bonchev–Trinajstić information content (AvgIpc) is 2.34. The van der Waals surface area contributed by atoms with E-state index in [9.17, 15) is 0 Å². The molecule has 0 aromatic carbocycles. The molecule has 1 aliphatic carbocycles. The second-order valence-electron chi connectivity index (χ2n) is 4.29. The molecule has 0 aromatic heterocycles. The maximum atomic E-state index is 5.65. The van der Waals surface area contributed by atoms with E-state index < -0.39 is 11.2 Å². The predicted molar refractivity (Wildman–Crippen MR) is 73.9 cm³/mol. The first-order chi connectivity index (χ1) is 8.50. The van der Waals surface area contributed by atoms with Gasteiger partial charge in [0.15, 0.2) is 11.2 Å². The first-order valence-electron chi connectivity index (χ1n) is 5.88. The molecular formula is C16H20O2. The predicted octanol–water partition coefficient (Wildman–Crippen LogP) is 2.71. The van der Waals surface area contributed by atoms with E-state index in [1.54, 1.807) is 21.1 Å². The van der Waals surface area contributed by atoms with Crippen LogP contribution in [-0.4, -0.2) is 25.4 Å². The van der Waals surface area contributed by atoms with Crippen molar-refractivity contribution in [3.8, 4) is 23.7 Å². The van der Waals surface area contributed by atoms with Crippen molar-refractivity contribution >= 4 is 0 Å². The normalized spacial score (nSPS) is 30.3. The molecule has 0 aromatic rings. The lowest BCUT2D eigenvalue weighted by molar-refractivity contribution is 0.0792. The third-order valence-electron chi connectivity index (χ3n) is 3.24. The van der Waals surface area contributed by atoms with Gasteiger partial charge in [-0.05, 0) is 51.0 Å². The Morgan fingerprint density at radius 3 is 1.72 bits per heavy atom. The van der Waals surface area contributed by atoms with Crippen LogP contribution in [0.1, 0.15) is 27.7 Å². The lowest BCUT2D eigenvalue weighted by Gasteiger charge is -2.37. The SMILES string of the molecule is CC#CC1(OC)C=C(C)C(C#CC)(OC)C(C)=C1. The van der Waals surface area contributed by atoms with Crippen molar-refractivity contribution in [2.45, 2.75) is 38.9 Å². The fourth-order valence-corrected chi connectivity index (χ4v) is 2.38. The van der Waals surface area contributed by atoms with Crippen LogP contribution in [0, 0.1) is 23.7 Å². The van der Waals surface area contributed by atoms with E-state index in [1.165, 1.54) is 0 Å². The molecule has 0 spiro atoms. The summed E-state index contributed by atoms with van der Waals surface area (Å²) < 4.78 is 11.2. The van der Waals surface area contributed by atoms with Gasteiger partial charge in [-0.15, -0.1) is 11.8 Å². The molecule has 0 fully saturated rings. The van der Waals surface area contributed by atoms with Gasteiger partial charge >= 0.3 is 0 Å². The van der Waals surface area contributed by atoms with Gasteiger partial charge in [0.1, 0.15) is 0 Å². The lowest BCUT2D eigenvalue weighted by Crippen LogP contribution is -2.41. The summed E-state index contributed by atoms with van der Waals surface area (Å²) in [5, 5.41) is 0. The summed E-state index contributed by atoms with van der Waals surface area (Å²) in [6, 6.07) is 0. The highest BCUT2D eigenvalue weighted by Gasteiger charge is 2.40. The smallest absolute Gasteiger partial charge is 0.171 e. The summed E-state index contributed by atoms with van der Waals surface area (Å²) in [5.41, 5.74) is 0.694. The van der Waals surface area contributed by atoms with Crippen LogP contribution in [0.3, 0.4) is 0 Å². The van der Waals surface area contributed by atoms with Gasteiger partial charge in [-0.25, -0.2) is 0 Å². The highest BCUT2D eigenvalue weighted by atomic mass is 16.5. The molecule has 2 nitrogen and oxygen atoms in total. The van der Waals surface area contributed by atoms with Gasteiger partial charge in [0.2, 0.25) is 0 Å². The van der Waals surface area contributed by atoms with Crippen molar-refractivity contribution in [2.24, 2.45) is 0 Å². The number of rotatable bonds is 2. The summed E-state index contributed by atoms with van der Waals surface area (Å²) in [6.45, 7) is 7.60. The van der Waals surface area contributed by atoms with Gasteiger partial charge in [0, 0.05) is 14.2 Å². The molecule has 0 heterocycles. The Bertz CT molecular complexity index is 481. The Labute approximate surface area is 110 Å². The molecule has 0 unspecified atom stereocenters. The minimum atomic E-state index is -0.666. The first-order valence-corrected chi connectivity index (χ1v) is 5.88. The zero-order valence-corrected chi connectivity index (χ0v) is 12.0. The molecule has 0 saturated carbocycles. The second kappa shape index (κ2) is 5.44. The molecular weight excluding hydrogens is 224 g/mol. The van der Waals surface area contributed by atoms with E-state index in [2.05, 4.69) is 23.7 Å². The Morgan fingerprint density at radius 2 is 1.39 bits per heavy atom. The van der Waals surface area contributed by atoms with Gasteiger partial charge in [0.25, 0.3) is 0 Å². The maximum absolute atomic E-state index is 5.65. The summed E-state index contributed by atoms with van der Waals surface area (Å²) in [7, 11) is 3.33. The molecule has 0 radical (unpaired) electrons. The van der Waals surface area contributed by atoms with Crippen LogP contribution in [0.4, 0.5) is 0 Å². The molecule has 0 aliphatic heterocycles. The van der Waals surface area contributed by atoms with Gasteiger partial charge in [-0.2, -0.15) is 0 Å². The van der Waals surface area contributed by atoms with Crippen molar-refractivity contribution in [3.63, 3.8) is 0 Å². The standard InChI is InChI=1S/C16H20O2/c1-7-9-15(17-5)11-13(3)16(18-6,10-8-2)14(4)12-15/h11-12H,1-6H3. The first kappa shape index (κ1) is 14.6. The van der Waals surface area contributed by atoms with Crippen molar-refractivity contribution in [1.29, 1.82) is 0 Å². The van der Waals surface area contributed by atoms with Crippen LogP contribution in [0.5, 0.6) is 0 Å². The Kier molecular flexibility index (Phi) is 4.41. The quantitative estimate of drug-likeness (QED) is 0.549. The number of ether oxygens (including phenoxy) is 2. The zero-order valence-electron chi connectivity index (χ0n) is 12.0. The van der Waals surface area contributed by atoms with Crippen LogP contribution in [0.25, 0.3) is 0 Å². The Balaban J connectivity index is 3.43. The van der Waals surface area contributed by atoms with Gasteiger partial charge in [0.05, 0.1) is 0 Å². The largest absolute Gasteiger partial charge is 0.358 e. The minimum Gasteiger partial charge on any atom is -0.358 e. The number of hydrogen-bond donors (Lipinski definition) is 0. The molecule has 0 bridgehead atoms. The molecule has 2 heteroatoms. The van der Waals surface area contributed by atoms with Crippen molar-refractivity contribution < 1.29 is 9.47 Å². The molecule has 96 valence electrons. The third kappa shape index (κ3) is 2.23.